The number of aromatic carboxylic acids is 1. The van der Waals surface area contributed by atoms with Crippen molar-refractivity contribution in [2.45, 2.75) is 5.41 Å². The van der Waals surface area contributed by atoms with E-state index >= 15 is 0 Å². The topological polar surface area (TPSA) is 102 Å². The van der Waals surface area contributed by atoms with E-state index in [4.69, 9.17) is 4.98 Å². The van der Waals surface area contributed by atoms with Gasteiger partial charge >= 0.3 is 5.97 Å². The van der Waals surface area contributed by atoms with Crippen LogP contribution in [0.1, 0.15) is 33.0 Å². The van der Waals surface area contributed by atoms with Gasteiger partial charge in [0.05, 0.1) is 11.4 Å². The van der Waals surface area contributed by atoms with Crippen LogP contribution in [0, 0.1) is 18.0 Å². The first-order chi connectivity index (χ1) is 17.5. The van der Waals surface area contributed by atoms with Crippen LogP contribution < -0.4 is 0 Å². The Morgan fingerprint density at radius 2 is 1.35 bits per heavy atom. The Balaban J connectivity index is 0.00000320. The van der Waals surface area contributed by atoms with Crippen LogP contribution in [-0.4, -0.2) is 36.0 Å². The van der Waals surface area contributed by atoms with Gasteiger partial charge in [0, 0.05) is 45.9 Å². The molecular weight excluding hydrogens is 659 g/mol. The number of carbonyl (C=O) groups is 1. The molecule has 10 heteroatoms. The summed E-state index contributed by atoms with van der Waals surface area (Å²) >= 11 is 0. The zero-order valence-electron chi connectivity index (χ0n) is 18.8. The molecule has 186 valence electrons. The number of carboxylic acids is 1. The van der Waals surface area contributed by atoms with Crippen molar-refractivity contribution in [2.75, 3.05) is 0 Å². The monoisotopic (exact) mass is 675 g/mol. The fourth-order valence-electron chi connectivity index (χ4n) is 4.19. The van der Waals surface area contributed by atoms with Crippen molar-refractivity contribution < 1.29 is 39.7 Å². The predicted octanol–water partition coefficient (Wildman–Crippen LogP) is 4.49. The van der Waals surface area contributed by atoms with Crippen molar-refractivity contribution >= 4 is 5.97 Å². The minimum absolute atomic E-state index is 0. The molecule has 0 saturated carbocycles. The largest absolute Gasteiger partial charge is 0.477 e. The molecule has 5 rings (SSSR count). The number of nitrogens with zero attached hydrogens (tertiary/aromatic N) is 5. The second kappa shape index (κ2) is 10.8. The Morgan fingerprint density at radius 3 is 1.92 bits per heavy atom. The van der Waals surface area contributed by atoms with E-state index in [0.29, 0.717) is 22.5 Å². The molecule has 0 atom stereocenters. The smallest absolute Gasteiger partial charge is 0.354 e. The summed E-state index contributed by atoms with van der Waals surface area (Å²) in [5, 5.41) is 9.65. The molecule has 0 aliphatic carbocycles. The summed E-state index contributed by atoms with van der Waals surface area (Å²) in [5.41, 5.74) is 0.810. The quantitative estimate of drug-likeness (QED) is 0.209. The van der Waals surface area contributed by atoms with Gasteiger partial charge in [0.15, 0.2) is 0 Å². The van der Waals surface area contributed by atoms with Crippen LogP contribution in [0.4, 0.5) is 8.78 Å². The summed E-state index contributed by atoms with van der Waals surface area (Å²) in [6.07, 6.45) is 6.42. The average Bonchev–Trinajstić information content (AvgIpc) is 2.91. The summed E-state index contributed by atoms with van der Waals surface area (Å²) in [5.74, 6) is -3.24. The van der Waals surface area contributed by atoms with Gasteiger partial charge in [-0.25, -0.2) is 18.6 Å². The third-order valence-electron chi connectivity index (χ3n) is 5.72. The molecule has 5 heterocycles. The number of hydrogen-bond donors (Lipinski definition) is 1. The SMILES string of the molecule is O=C(O)c1cccc(C(c2ccncc2)(c2ccncc2)c2cccc(-c3[c-]cc(F)nc3F)n2)n1.[Pt]. The second-order valence-corrected chi connectivity index (χ2v) is 7.73. The van der Waals surface area contributed by atoms with Crippen LogP contribution in [0.25, 0.3) is 11.3 Å². The van der Waals surface area contributed by atoms with Gasteiger partial charge in [-0.2, -0.15) is 0 Å². The molecule has 0 fully saturated rings. The van der Waals surface area contributed by atoms with Crippen LogP contribution in [0.5, 0.6) is 0 Å². The van der Waals surface area contributed by atoms with E-state index in [1.807, 2.05) is 0 Å². The number of aromatic nitrogens is 5. The Labute approximate surface area is 224 Å². The van der Waals surface area contributed by atoms with E-state index in [-0.39, 0.29) is 38.0 Å². The van der Waals surface area contributed by atoms with E-state index in [9.17, 15) is 18.7 Å². The normalized spacial score (nSPS) is 11.0. The average molecular weight is 676 g/mol. The minimum atomic E-state index is -1.24. The molecular formula is C27H16F2N5O2Pt-. The first kappa shape index (κ1) is 25.8. The summed E-state index contributed by atoms with van der Waals surface area (Å²) in [7, 11) is 0. The Hall–Kier alpha value is -4.23. The molecule has 1 N–H and O–H groups in total. The predicted molar refractivity (Wildman–Crippen MR) is 125 cm³/mol. The Morgan fingerprint density at radius 1 is 0.784 bits per heavy atom. The van der Waals surface area contributed by atoms with Gasteiger partial charge in [0.1, 0.15) is 23.0 Å². The number of carboxylic acid groups (broad SMARTS) is 1. The molecule has 5 aromatic rings. The third kappa shape index (κ3) is 4.78. The third-order valence-corrected chi connectivity index (χ3v) is 5.72. The van der Waals surface area contributed by atoms with Crippen LogP contribution >= 0.6 is 0 Å². The number of rotatable bonds is 6. The molecule has 37 heavy (non-hydrogen) atoms. The molecule has 0 unspecified atom stereocenters. The summed E-state index contributed by atoms with van der Waals surface area (Å²) in [6.45, 7) is 0. The van der Waals surface area contributed by atoms with E-state index in [2.05, 4.69) is 26.0 Å². The molecule has 0 bridgehead atoms. The molecule has 0 aliphatic rings. The zero-order valence-corrected chi connectivity index (χ0v) is 21.1. The molecule has 0 spiro atoms. The van der Waals surface area contributed by atoms with Gasteiger partial charge in [0.25, 0.3) is 0 Å². The molecule has 0 amide bonds. The maximum atomic E-state index is 14.6. The summed E-state index contributed by atoms with van der Waals surface area (Å²) in [4.78, 5) is 32.5. The van der Waals surface area contributed by atoms with Crippen molar-refractivity contribution in [1.29, 1.82) is 0 Å². The van der Waals surface area contributed by atoms with Gasteiger partial charge in [-0.3, -0.25) is 19.9 Å². The second-order valence-electron chi connectivity index (χ2n) is 7.73. The summed E-state index contributed by atoms with van der Waals surface area (Å²) in [6, 6.07) is 20.2. The first-order valence-electron chi connectivity index (χ1n) is 10.7. The van der Waals surface area contributed by atoms with E-state index in [0.717, 1.165) is 6.07 Å². The van der Waals surface area contributed by atoms with Crippen LogP contribution in [0.2, 0.25) is 0 Å². The van der Waals surface area contributed by atoms with Crippen molar-refractivity contribution in [2.24, 2.45) is 0 Å². The van der Waals surface area contributed by atoms with Crippen molar-refractivity contribution in [1.82, 2.24) is 24.9 Å². The minimum Gasteiger partial charge on any atom is -0.477 e. The molecule has 5 aromatic heterocycles. The fourth-order valence-corrected chi connectivity index (χ4v) is 4.19. The maximum Gasteiger partial charge on any atom is 0.354 e. The molecule has 0 aliphatic heterocycles. The first-order valence-corrected chi connectivity index (χ1v) is 10.7. The van der Waals surface area contributed by atoms with E-state index < -0.39 is 23.3 Å². The molecule has 0 radical (unpaired) electrons. The molecule has 0 saturated heterocycles. The van der Waals surface area contributed by atoms with Gasteiger partial charge in [-0.15, -0.1) is 6.07 Å². The molecule has 7 nitrogen and oxygen atoms in total. The fraction of sp³-hybridized carbons (Fsp3) is 0.0370. The van der Waals surface area contributed by atoms with Gasteiger partial charge in [-0.1, -0.05) is 29.8 Å². The van der Waals surface area contributed by atoms with Gasteiger partial charge in [-0.05, 0) is 59.3 Å². The van der Waals surface area contributed by atoms with Crippen molar-refractivity contribution in [3.05, 3.63) is 138 Å². The zero-order chi connectivity index (χ0) is 25.1. The van der Waals surface area contributed by atoms with Crippen LogP contribution in [0.15, 0.2) is 91.5 Å². The summed E-state index contributed by atoms with van der Waals surface area (Å²) < 4.78 is 28.0. The Bertz CT molecular complexity index is 1520. The van der Waals surface area contributed by atoms with Crippen LogP contribution in [0.3, 0.4) is 0 Å². The van der Waals surface area contributed by atoms with Gasteiger partial charge < -0.3 is 5.11 Å². The Kier molecular flexibility index (Phi) is 7.55. The standard InChI is InChI=1S/C27H16F2N5O2.Pt/c28-24-8-7-19(25(29)34-24)20-3-1-5-22(32-20)27(17-9-13-30-14-10-17,18-11-15-31-16-12-18)23-6-2-4-21(33-23)26(35)36;/h1-6,8-16H,(H,35,36);/q-1;. The van der Waals surface area contributed by atoms with Crippen molar-refractivity contribution in [3.63, 3.8) is 0 Å². The number of hydrogen-bond acceptors (Lipinski definition) is 6. The van der Waals surface area contributed by atoms with Crippen molar-refractivity contribution in [3.8, 4) is 11.3 Å². The van der Waals surface area contributed by atoms with E-state index in [1.54, 1.807) is 79.4 Å². The number of halogens is 2. The molecule has 0 aromatic carbocycles. The van der Waals surface area contributed by atoms with Crippen LogP contribution in [-0.2, 0) is 26.5 Å². The van der Waals surface area contributed by atoms with Gasteiger partial charge in [0.2, 0.25) is 0 Å². The maximum absolute atomic E-state index is 14.6. The van der Waals surface area contributed by atoms with E-state index in [1.165, 1.54) is 6.07 Å². The number of pyridine rings is 5.